The molecule has 0 heterocycles. The highest BCUT2D eigenvalue weighted by Crippen LogP contribution is 2.24. The molecule has 20 heavy (non-hydrogen) atoms. The van der Waals surface area contributed by atoms with Crippen LogP contribution in [0.5, 0.6) is 0 Å². The lowest BCUT2D eigenvalue weighted by atomic mass is 10.2. The van der Waals surface area contributed by atoms with Gasteiger partial charge in [0.15, 0.2) is 0 Å². The van der Waals surface area contributed by atoms with Crippen molar-refractivity contribution in [2.75, 3.05) is 7.05 Å². The average Bonchev–Trinajstić information content (AvgIpc) is 2.37. The Hall–Kier alpha value is -0.690. The Balaban J connectivity index is 3.16. The van der Waals surface area contributed by atoms with E-state index in [2.05, 4.69) is 0 Å². The van der Waals surface area contributed by atoms with Crippen molar-refractivity contribution in [3.05, 3.63) is 28.8 Å². The van der Waals surface area contributed by atoms with Gasteiger partial charge in [0.2, 0.25) is 10.0 Å². The molecule has 0 spiro atoms. The normalized spacial score (nSPS) is 13.4. The fourth-order valence-corrected chi connectivity index (χ4v) is 3.86. The van der Waals surface area contributed by atoms with E-state index >= 15 is 0 Å². The molecule has 0 bridgehead atoms. The van der Waals surface area contributed by atoms with Crippen molar-refractivity contribution in [2.45, 2.75) is 37.6 Å². The molecule has 0 amide bonds. The third kappa shape index (κ3) is 3.69. The molecule has 0 saturated heterocycles. The summed E-state index contributed by atoms with van der Waals surface area (Å²) in [5.74, 6) is 0. The van der Waals surface area contributed by atoms with Crippen molar-refractivity contribution in [3.8, 4) is 0 Å². The molecule has 0 aliphatic rings. The first-order chi connectivity index (χ1) is 9.21. The predicted octanol–water partition coefficient (Wildman–Crippen LogP) is 2.78. The minimum Gasteiger partial charge on any atom is -0.389 e. The lowest BCUT2D eigenvalue weighted by Crippen LogP contribution is -2.35. The van der Waals surface area contributed by atoms with E-state index in [1.807, 2.05) is 13.8 Å². The lowest BCUT2D eigenvalue weighted by Gasteiger charge is -2.24. The van der Waals surface area contributed by atoms with Gasteiger partial charge in [-0.3, -0.25) is 0 Å². The van der Waals surface area contributed by atoms with Crippen LogP contribution in [0.3, 0.4) is 0 Å². The van der Waals surface area contributed by atoms with Gasteiger partial charge in [0.25, 0.3) is 0 Å². The molecule has 0 saturated carbocycles. The first-order valence-electron chi connectivity index (χ1n) is 6.29. The summed E-state index contributed by atoms with van der Waals surface area (Å²) in [5, 5.41) is 0.245. The summed E-state index contributed by atoms with van der Waals surface area (Å²) in [6.45, 7) is 3.90. The summed E-state index contributed by atoms with van der Waals surface area (Å²) in [4.78, 5) is 0.291. The third-order valence-corrected chi connectivity index (χ3v) is 5.71. The summed E-state index contributed by atoms with van der Waals surface area (Å²) in [7, 11) is -1.99. The van der Waals surface area contributed by atoms with E-state index < -0.39 is 10.0 Å². The topological polar surface area (TPSA) is 63.4 Å². The van der Waals surface area contributed by atoms with Crippen molar-refractivity contribution in [1.29, 1.82) is 0 Å². The number of nitrogens with two attached hydrogens (primary N) is 1. The number of thiocarbonyl (C=S) groups is 1. The van der Waals surface area contributed by atoms with Gasteiger partial charge in [-0.1, -0.05) is 37.2 Å². The van der Waals surface area contributed by atoms with Gasteiger partial charge < -0.3 is 5.73 Å². The van der Waals surface area contributed by atoms with Gasteiger partial charge in [0.05, 0.1) is 9.92 Å². The second-order valence-electron chi connectivity index (χ2n) is 4.66. The zero-order chi connectivity index (χ0) is 15.5. The molecule has 0 fully saturated rings. The minimum atomic E-state index is -3.56. The smallest absolute Gasteiger partial charge is 0.243 e. The molecule has 0 radical (unpaired) electrons. The molecule has 0 aliphatic heterocycles. The molecule has 1 rings (SSSR count). The molecule has 0 aliphatic carbocycles. The molecule has 112 valence electrons. The molecule has 2 N–H and O–H groups in total. The first kappa shape index (κ1) is 17.4. The van der Waals surface area contributed by atoms with Crippen molar-refractivity contribution in [3.63, 3.8) is 0 Å². The highest BCUT2D eigenvalue weighted by molar-refractivity contribution is 7.89. The van der Waals surface area contributed by atoms with Gasteiger partial charge >= 0.3 is 0 Å². The molecule has 7 heteroatoms. The van der Waals surface area contributed by atoms with Crippen LogP contribution in [0.25, 0.3) is 0 Å². The fourth-order valence-electron chi connectivity index (χ4n) is 1.86. The van der Waals surface area contributed by atoms with E-state index in [0.29, 0.717) is 5.56 Å². The number of hydrogen-bond acceptors (Lipinski definition) is 3. The van der Waals surface area contributed by atoms with E-state index in [1.54, 1.807) is 7.05 Å². The van der Waals surface area contributed by atoms with Crippen LogP contribution in [0.15, 0.2) is 23.1 Å². The van der Waals surface area contributed by atoms with Crippen LogP contribution in [-0.4, -0.2) is 30.8 Å². The number of nitrogens with zero attached hydrogens (tertiary/aromatic N) is 1. The molecule has 1 unspecified atom stereocenters. The molecule has 1 aromatic rings. The maximum absolute atomic E-state index is 12.5. The number of sulfonamides is 1. The second-order valence-corrected chi connectivity index (χ2v) is 7.51. The van der Waals surface area contributed by atoms with Crippen LogP contribution < -0.4 is 5.73 Å². The third-order valence-electron chi connectivity index (χ3n) is 3.21. The van der Waals surface area contributed by atoms with Crippen LogP contribution >= 0.6 is 23.8 Å². The minimum absolute atomic E-state index is 0.0703. The van der Waals surface area contributed by atoms with Crippen molar-refractivity contribution >= 4 is 38.8 Å². The highest BCUT2D eigenvalue weighted by atomic mass is 35.5. The maximum atomic E-state index is 12.5. The zero-order valence-electron chi connectivity index (χ0n) is 11.8. The van der Waals surface area contributed by atoms with Crippen molar-refractivity contribution in [2.24, 2.45) is 5.73 Å². The van der Waals surface area contributed by atoms with Crippen LogP contribution in [0.4, 0.5) is 0 Å². The van der Waals surface area contributed by atoms with E-state index in [0.717, 1.165) is 12.8 Å². The summed E-state index contributed by atoms with van der Waals surface area (Å²) in [5.41, 5.74) is 5.99. The largest absolute Gasteiger partial charge is 0.389 e. The van der Waals surface area contributed by atoms with Gasteiger partial charge in [-0.15, -0.1) is 0 Å². The Bertz CT molecular complexity index is 602. The molecular weight excluding hydrogens is 316 g/mol. The van der Waals surface area contributed by atoms with Crippen LogP contribution in [0.1, 0.15) is 32.3 Å². The quantitative estimate of drug-likeness (QED) is 0.812. The Labute approximate surface area is 131 Å². The number of halogens is 1. The van der Waals surface area contributed by atoms with E-state index in [4.69, 9.17) is 29.6 Å². The highest BCUT2D eigenvalue weighted by Gasteiger charge is 2.25. The van der Waals surface area contributed by atoms with Crippen molar-refractivity contribution in [1.82, 2.24) is 4.31 Å². The molecule has 1 atom stereocenters. The van der Waals surface area contributed by atoms with Crippen LogP contribution in [-0.2, 0) is 10.0 Å². The molecule has 0 aromatic heterocycles. The molecular formula is C13H19ClN2O2S2. The lowest BCUT2D eigenvalue weighted by molar-refractivity contribution is 0.369. The van der Waals surface area contributed by atoms with Gasteiger partial charge in [-0.25, -0.2) is 8.42 Å². The Morgan fingerprint density at radius 1 is 1.50 bits per heavy atom. The molecule has 4 nitrogen and oxygen atoms in total. The van der Waals surface area contributed by atoms with Crippen molar-refractivity contribution < 1.29 is 8.42 Å². The predicted molar refractivity (Wildman–Crippen MR) is 86.7 cm³/mol. The van der Waals surface area contributed by atoms with Gasteiger partial charge in [-0.2, -0.15) is 4.31 Å². The Kier molecular flexibility index (Phi) is 5.94. The summed E-state index contributed by atoms with van der Waals surface area (Å²) in [6.07, 6.45) is 1.72. The van der Waals surface area contributed by atoms with Gasteiger partial charge in [0.1, 0.15) is 4.99 Å². The Morgan fingerprint density at radius 3 is 2.55 bits per heavy atom. The number of hydrogen-bond donors (Lipinski definition) is 1. The standard InChI is InChI=1S/C13H19ClN2O2S2/c1-4-5-9(2)16(3)20(17,18)10-6-7-11(13(15)19)12(14)8-10/h6-9H,4-5H2,1-3H3,(H2,15,19). The van der Waals surface area contributed by atoms with Crippen LogP contribution in [0.2, 0.25) is 5.02 Å². The SMILES string of the molecule is CCCC(C)N(C)S(=O)(=O)c1ccc(C(N)=S)c(Cl)c1. The average molecular weight is 335 g/mol. The summed E-state index contributed by atoms with van der Waals surface area (Å²) < 4.78 is 26.3. The van der Waals surface area contributed by atoms with Crippen LogP contribution in [0, 0.1) is 0 Å². The first-order valence-corrected chi connectivity index (χ1v) is 8.51. The summed E-state index contributed by atoms with van der Waals surface area (Å²) in [6, 6.07) is 4.33. The maximum Gasteiger partial charge on any atom is 0.243 e. The van der Waals surface area contributed by atoms with E-state index in [1.165, 1.54) is 22.5 Å². The fraction of sp³-hybridized carbons (Fsp3) is 0.462. The molecule has 1 aromatic carbocycles. The van der Waals surface area contributed by atoms with Gasteiger partial charge in [-0.05, 0) is 31.5 Å². The van der Waals surface area contributed by atoms with Gasteiger partial charge in [0, 0.05) is 18.7 Å². The monoisotopic (exact) mass is 334 g/mol. The second kappa shape index (κ2) is 6.85. The number of benzene rings is 1. The van der Waals surface area contributed by atoms with E-state index in [-0.39, 0.29) is 20.9 Å². The summed E-state index contributed by atoms with van der Waals surface area (Å²) >= 11 is 10.9. The Morgan fingerprint density at radius 2 is 2.10 bits per heavy atom. The van der Waals surface area contributed by atoms with E-state index in [9.17, 15) is 8.42 Å². The zero-order valence-corrected chi connectivity index (χ0v) is 14.1. The number of rotatable bonds is 6.